The number of fused-ring (bicyclic) bond motifs is 1. The van der Waals surface area contributed by atoms with E-state index in [1.54, 1.807) is 31.2 Å². The molecule has 13 heteroatoms. The highest BCUT2D eigenvalue weighted by molar-refractivity contribution is 7.90. The molecule has 250 valence electrons. The summed E-state index contributed by atoms with van der Waals surface area (Å²) in [7, 11) is -3.34. The molecular weight excluding hydrogens is 642 g/mol. The summed E-state index contributed by atoms with van der Waals surface area (Å²) in [5.74, 6) is -2.50. The number of hydrogen-bond donors (Lipinski definition) is 2. The lowest BCUT2D eigenvalue weighted by Crippen LogP contribution is -2.41. The van der Waals surface area contributed by atoms with Crippen molar-refractivity contribution in [3.63, 3.8) is 0 Å². The standard InChI is InChI=1S/C35H34F2N4O6S/c1-22(35(43,19-41-21-38-20-39-41)31-12-7-28(36)16-32(31)37)13-23-17-46-34(47-18-23)27-6-4-24-14-26(5-3-25(24)15-27)33(42)40-29-8-10-30(11-9-29)48(2,44)45/h3-12,14-16,20-23,34,43H,13,17-19H2,1-2H3,(H,40,42). The second-order valence-electron chi connectivity index (χ2n) is 12.2. The Morgan fingerprint density at radius 3 is 2.40 bits per heavy atom. The molecule has 0 radical (unpaired) electrons. The highest BCUT2D eigenvalue weighted by Gasteiger charge is 2.41. The fraction of sp³-hybridized carbons (Fsp3) is 0.286. The Kier molecular flexibility index (Phi) is 9.39. The zero-order chi connectivity index (χ0) is 34.1. The van der Waals surface area contributed by atoms with Crippen LogP contribution in [0.3, 0.4) is 0 Å². The van der Waals surface area contributed by atoms with Gasteiger partial charge in [0.05, 0.1) is 24.7 Å². The van der Waals surface area contributed by atoms with Crippen molar-refractivity contribution in [3.8, 4) is 0 Å². The molecule has 2 unspecified atom stereocenters. The summed E-state index contributed by atoms with van der Waals surface area (Å²) < 4.78 is 65.6. The van der Waals surface area contributed by atoms with Gasteiger partial charge in [0.1, 0.15) is 29.9 Å². The highest BCUT2D eigenvalue weighted by Crippen LogP contribution is 2.39. The first-order valence-corrected chi connectivity index (χ1v) is 17.2. The minimum absolute atomic E-state index is 0.0255. The number of ether oxygens (including phenoxy) is 2. The van der Waals surface area contributed by atoms with E-state index in [2.05, 4.69) is 15.4 Å². The summed E-state index contributed by atoms with van der Waals surface area (Å²) >= 11 is 0. The molecule has 5 aromatic rings. The Morgan fingerprint density at radius 2 is 1.73 bits per heavy atom. The molecule has 1 amide bonds. The van der Waals surface area contributed by atoms with E-state index >= 15 is 0 Å². The van der Waals surface area contributed by atoms with Gasteiger partial charge in [0.2, 0.25) is 0 Å². The zero-order valence-corrected chi connectivity index (χ0v) is 27.0. The Morgan fingerprint density at radius 1 is 1.02 bits per heavy atom. The van der Waals surface area contributed by atoms with Crippen molar-refractivity contribution >= 4 is 32.2 Å². The number of benzene rings is 4. The monoisotopic (exact) mass is 676 g/mol. The maximum absolute atomic E-state index is 14.9. The van der Waals surface area contributed by atoms with E-state index in [-0.39, 0.29) is 28.8 Å². The van der Waals surface area contributed by atoms with Gasteiger partial charge in [-0.3, -0.25) is 4.79 Å². The summed E-state index contributed by atoms with van der Waals surface area (Å²) in [6, 6.07) is 20.1. The van der Waals surface area contributed by atoms with Crippen LogP contribution in [-0.4, -0.2) is 53.7 Å². The average molecular weight is 677 g/mol. The van der Waals surface area contributed by atoms with E-state index < -0.39 is 39.3 Å². The molecule has 4 aromatic carbocycles. The molecule has 0 bridgehead atoms. The van der Waals surface area contributed by atoms with Crippen molar-refractivity contribution in [2.24, 2.45) is 11.8 Å². The minimum Gasteiger partial charge on any atom is -0.383 e. The van der Waals surface area contributed by atoms with Crippen molar-refractivity contribution in [1.82, 2.24) is 14.8 Å². The van der Waals surface area contributed by atoms with Crippen LogP contribution >= 0.6 is 0 Å². The number of rotatable bonds is 10. The molecule has 1 aliphatic heterocycles. The molecular formula is C35H34F2N4O6S. The van der Waals surface area contributed by atoms with Crippen LogP contribution in [0.4, 0.5) is 14.5 Å². The first-order chi connectivity index (χ1) is 22.9. The smallest absolute Gasteiger partial charge is 0.255 e. The van der Waals surface area contributed by atoms with Gasteiger partial charge in [-0.15, -0.1) is 0 Å². The van der Waals surface area contributed by atoms with Crippen LogP contribution < -0.4 is 5.32 Å². The number of aliphatic hydroxyl groups is 1. The molecule has 0 aliphatic carbocycles. The van der Waals surface area contributed by atoms with Crippen LogP contribution in [0.15, 0.2) is 96.4 Å². The molecule has 1 fully saturated rings. The Balaban J connectivity index is 1.09. The van der Waals surface area contributed by atoms with Crippen molar-refractivity contribution in [2.45, 2.75) is 36.7 Å². The predicted molar refractivity (Wildman–Crippen MR) is 174 cm³/mol. The van der Waals surface area contributed by atoms with E-state index in [0.29, 0.717) is 30.9 Å². The lowest BCUT2D eigenvalue weighted by atomic mass is 9.77. The molecule has 1 aromatic heterocycles. The summed E-state index contributed by atoms with van der Waals surface area (Å²) in [6.07, 6.45) is 3.68. The number of sulfone groups is 1. The molecule has 0 spiro atoms. The number of nitrogens with zero attached hydrogens (tertiary/aromatic N) is 3. The predicted octanol–water partition coefficient (Wildman–Crippen LogP) is 5.64. The van der Waals surface area contributed by atoms with Crippen LogP contribution in [0.2, 0.25) is 0 Å². The normalized spacial score (nSPS) is 18.7. The number of carbonyl (C=O) groups excluding carboxylic acids is 1. The van der Waals surface area contributed by atoms with Gasteiger partial charge in [-0.05, 0) is 71.6 Å². The average Bonchev–Trinajstić information content (AvgIpc) is 3.57. The van der Waals surface area contributed by atoms with Gasteiger partial charge in [0.25, 0.3) is 5.91 Å². The third-order valence-electron chi connectivity index (χ3n) is 8.67. The van der Waals surface area contributed by atoms with Gasteiger partial charge in [0, 0.05) is 40.6 Å². The van der Waals surface area contributed by atoms with E-state index in [9.17, 15) is 27.1 Å². The van der Waals surface area contributed by atoms with Crippen molar-refractivity contribution in [2.75, 3.05) is 24.8 Å². The van der Waals surface area contributed by atoms with Crippen molar-refractivity contribution < 1.29 is 36.6 Å². The summed E-state index contributed by atoms with van der Waals surface area (Å²) in [6.45, 7) is 2.40. The van der Waals surface area contributed by atoms with E-state index in [1.807, 2.05) is 24.3 Å². The Labute approximate surface area is 276 Å². The molecule has 2 N–H and O–H groups in total. The second-order valence-corrected chi connectivity index (χ2v) is 14.2. The zero-order valence-electron chi connectivity index (χ0n) is 26.2. The largest absolute Gasteiger partial charge is 0.383 e. The molecule has 1 saturated heterocycles. The van der Waals surface area contributed by atoms with Crippen LogP contribution in [-0.2, 0) is 31.5 Å². The van der Waals surface area contributed by atoms with Crippen LogP contribution in [0, 0.1) is 23.5 Å². The van der Waals surface area contributed by atoms with Gasteiger partial charge in [-0.1, -0.05) is 31.2 Å². The van der Waals surface area contributed by atoms with E-state index in [4.69, 9.17) is 9.47 Å². The van der Waals surface area contributed by atoms with Crippen molar-refractivity contribution in [3.05, 3.63) is 120 Å². The molecule has 0 saturated carbocycles. The maximum Gasteiger partial charge on any atom is 0.255 e. The lowest BCUT2D eigenvalue weighted by Gasteiger charge is -2.38. The topological polar surface area (TPSA) is 133 Å². The number of nitrogens with one attached hydrogen (secondary N) is 1. The molecule has 1 aliphatic rings. The molecule has 6 rings (SSSR count). The quantitative estimate of drug-likeness (QED) is 0.194. The highest BCUT2D eigenvalue weighted by atomic mass is 32.2. The number of carbonyl (C=O) groups is 1. The fourth-order valence-corrected chi connectivity index (χ4v) is 6.65. The minimum atomic E-state index is -3.34. The van der Waals surface area contributed by atoms with Crippen LogP contribution in [0.25, 0.3) is 10.8 Å². The van der Waals surface area contributed by atoms with Gasteiger partial charge < -0.3 is 19.9 Å². The number of hydrogen-bond acceptors (Lipinski definition) is 8. The first-order valence-electron chi connectivity index (χ1n) is 15.3. The number of amides is 1. The molecule has 10 nitrogen and oxygen atoms in total. The summed E-state index contributed by atoms with van der Waals surface area (Å²) in [5, 5.41) is 20.4. The third-order valence-corrected chi connectivity index (χ3v) is 9.80. The van der Waals surface area contributed by atoms with Gasteiger partial charge >= 0.3 is 0 Å². The number of anilines is 1. The summed E-state index contributed by atoms with van der Waals surface area (Å²) in [5.41, 5.74) is -0.0199. The number of halogens is 2. The third kappa shape index (κ3) is 7.29. The van der Waals surface area contributed by atoms with Gasteiger partial charge in [-0.25, -0.2) is 26.9 Å². The Hall–Kier alpha value is -4.56. The van der Waals surface area contributed by atoms with Crippen LogP contribution in [0.5, 0.6) is 0 Å². The molecule has 2 atom stereocenters. The van der Waals surface area contributed by atoms with Gasteiger partial charge in [0.15, 0.2) is 16.1 Å². The van der Waals surface area contributed by atoms with Crippen molar-refractivity contribution in [1.29, 1.82) is 0 Å². The van der Waals surface area contributed by atoms with E-state index in [0.717, 1.165) is 34.7 Å². The Bertz CT molecular complexity index is 2030. The van der Waals surface area contributed by atoms with Crippen LogP contribution in [0.1, 0.15) is 41.1 Å². The van der Waals surface area contributed by atoms with Gasteiger partial charge in [-0.2, -0.15) is 5.10 Å². The maximum atomic E-state index is 14.9. The molecule has 48 heavy (non-hydrogen) atoms. The second kappa shape index (κ2) is 13.5. The van der Waals surface area contributed by atoms with E-state index in [1.165, 1.54) is 35.5 Å². The number of aromatic nitrogens is 3. The SMILES string of the molecule is CC(CC1COC(c2ccc3cc(C(=O)Nc4ccc(S(C)(=O)=O)cc4)ccc3c2)OC1)C(O)(Cn1cncn1)c1ccc(F)cc1F. The first kappa shape index (κ1) is 33.3. The summed E-state index contributed by atoms with van der Waals surface area (Å²) in [4.78, 5) is 17.0. The molecule has 2 heterocycles. The lowest BCUT2D eigenvalue weighted by molar-refractivity contribution is -0.210. The fourth-order valence-electron chi connectivity index (χ4n) is 6.02.